The SMILES string of the molecule is CC(=O)Nc1ccc(C(=O)NCc2cccc(F)c2)c(N2CCOCC2)c1. The van der Waals surface area contributed by atoms with Gasteiger partial charge in [0.25, 0.3) is 5.91 Å². The van der Waals surface area contributed by atoms with Crippen LogP contribution in [0.15, 0.2) is 42.5 Å². The van der Waals surface area contributed by atoms with Crippen molar-refractivity contribution >= 4 is 23.2 Å². The van der Waals surface area contributed by atoms with Crippen molar-refractivity contribution in [1.29, 1.82) is 0 Å². The maximum atomic E-state index is 13.3. The van der Waals surface area contributed by atoms with E-state index in [4.69, 9.17) is 4.74 Å². The van der Waals surface area contributed by atoms with Crippen LogP contribution in [0.25, 0.3) is 0 Å². The Kier molecular flexibility index (Phi) is 6.03. The lowest BCUT2D eigenvalue weighted by Crippen LogP contribution is -2.38. The van der Waals surface area contributed by atoms with E-state index in [2.05, 4.69) is 15.5 Å². The average molecular weight is 371 g/mol. The highest BCUT2D eigenvalue weighted by Crippen LogP contribution is 2.26. The monoisotopic (exact) mass is 371 g/mol. The number of hydrogen-bond acceptors (Lipinski definition) is 4. The summed E-state index contributed by atoms with van der Waals surface area (Å²) in [4.78, 5) is 26.2. The van der Waals surface area contributed by atoms with Gasteiger partial charge in [0.05, 0.1) is 24.5 Å². The smallest absolute Gasteiger partial charge is 0.253 e. The number of amides is 2. The molecule has 0 bridgehead atoms. The molecule has 2 aromatic carbocycles. The van der Waals surface area contributed by atoms with E-state index in [1.54, 1.807) is 30.3 Å². The van der Waals surface area contributed by atoms with Crippen LogP contribution in [0.3, 0.4) is 0 Å². The van der Waals surface area contributed by atoms with Gasteiger partial charge in [-0.2, -0.15) is 0 Å². The van der Waals surface area contributed by atoms with E-state index in [1.807, 2.05) is 0 Å². The number of hydrogen-bond donors (Lipinski definition) is 2. The van der Waals surface area contributed by atoms with E-state index in [0.717, 1.165) is 5.69 Å². The highest BCUT2D eigenvalue weighted by molar-refractivity contribution is 6.01. The molecule has 1 fully saturated rings. The van der Waals surface area contributed by atoms with Crippen LogP contribution in [0.5, 0.6) is 0 Å². The summed E-state index contributed by atoms with van der Waals surface area (Å²) in [5, 5.41) is 5.58. The van der Waals surface area contributed by atoms with Crippen LogP contribution < -0.4 is 15.5 Å². The van der Waals surface area contributed by atoms with Gasteiger partial charge in [-0.05, 0) is 35.9 Å². The quantitative estimate of drug-likeness (QED) is 0.847. The van der Waals surface area contributed by atoms with E-state index >= 15 is 0 Å². The van der Waals surface area contributed by atoms with E-state index in [0.29, 0.717) is 43.1 Å². The molecule has 0 saturated carbocycles. The molecule has 1 aliphatic rings. The Morgan fingerprint density at radius 1 is 1.15 bits per heavy atom. The summed E-state index contributed by atoms with van der Waals surface area (Å²) in [5.41, 5.74) is 2.56. The molecule has 2 amide bonds. The molecule has 0 radical (unpaired) electrons. The van der Waals surface area contributed by atoms with Crippen LogP contribution >= 0.6 is 0 Å². The third-order valence-corrected chi connectivity index (χ3v) is 4.26. The van der Waals surface area contributed by atoms with Crippen molar-refractivity contribution in [3.63, 3.8) is 0 Å². The average Bonchev–Trinajstić information content (AvgIpc) is 2.66. The number of anilines is 2. The van der Waals surface area contributed by atoms with Gasteiger partial charge in [0, 0.05) is 32.2 Å². The molecule has 142 valence electrons. The summed E-state index contributed by atoms with van der Waals surface area (Å²) in [6.45, 7) is 4.14. The number of morpholine rings is 1. The largest absolute Gasteiger partial charge is 0.378 e. The number of nitrogens with zero attached hydrogens (tertiary/aromatic N) is 1. The minimum absolute atomic E-state index is 0.175. The molecule has 0 aliphatic carbocycles. The number of rotatable bonds is 5. The lowest BCUT2D eigenvalue weighted by Gasteiger charge is -2.30. The lowest BCUT2D eigenvalue weighted by atomic mass is 10.1. The first-order chi connectivity index (χ1) is 13.0. The second kappa shape index (κ2) is 8.64. The van der Waals surface area contributed by atoms with Crippen molar-refractivity contribution in [2.75, 3.05) is 36.5 Å². The summed E-state index contributed by atoms with van der Waals surface area (Å²) in [6.07, 6.45) is 0. The van der Waals surface area contributed by atoms with Crippen LogP contribution in [-0.4, -0.2) is 38.1 Å². The zero-order valence-corrected chi connectivity index (χ0v) is 15.1. The Balaban J connectivity index is 1.81. The number of carbonyl (C=O) groups excluding carboxylic acids is 2. The van der Waals surface area contributed by atoms with E-state index in [1.165, 1.54) is 19.1 Å². The molecule has 7 heteroatoms. The van der Waals surface area contributed by atoms with Crippen molar-refractivity contribution < 1.29 is 18.7 Å². The van der Waals surface area contributed by atoms with Crippen LogP contribution in [0.1, 0.15) is 22.8 Å². The van der Waals surface area contributed by atoms with Crippen molar-refractivity contribution in [3.8, 4) is 0 Å². The third-order valence-electron chi connectivity index (χ3n) is 4.26. The predicted octanol–water partition coefficient (Wildman–Crippen LogP) is 2.55. The van der Waals surface area contributed by atoms with Crippen molar-refractivity contribution in [2.45, 2.75) is 13.5 Å². The fraction of sp³-hybridized carbons (Fsp3) is 0.300. The maximum Gasteiger partial charge on any atom is 0.253 e. The maximum absolute atomic E-state index is 13.3. The molecule has 0 spiro atoms. The fourth-order valence-corrected chi connectivity index (χ4v) is 3.00. The summed E-state index contributed by atoms with van der Waals surface area (Å²) < 4.78 is 18.7. The van der Waals surface area contributed by atoms with Crippen LogP contribution in [0, 0.1) is 5.82 Å². The standard InChI is InChI=1S/C20H22FN3O3/c1-14(25)23-17-5-6-18(19(12-17)24-7-9-27-10-8-24)20(26)22-13-15-3-2-4-16(21)11-15/h2-6,11-12H,7-10,13H2,1H3,(H,22,26)(H,23,25). The van der Waals surface area contributed by atoms with Gasteiger partial charge in [0.15, 0.2) is 0 Å². The highest BCUT2D eigenvalue weighted by Gasteiger charge is 2.19. The molecule has 1 heterocycles. The Hall–Kier alpha value is -2.93. The fourth-order valence-electron chi connectivity index (χ4n) is 3.00. The first-order valence-electron chi connectivity index (χ1n) is 8.80. The van der Waals surface area contributed by atoms with Gasteiger partial charge in [-0.1, -0.05) is 12.1 Å². The Morgan fingerprint density at radius 3 is 2.63 bits per heavy atom. The van der Waals surface area contributed by atoms with Crippen LogP contribution in [0.4, 0.5) is 15.8 Å². The van der Waals surface area contributed by atoms with Crippen LogP contribution in [-0.2, 0) is 16.1 Å². The molecular weight excluding hydrogens is 349 g/mol. The number of halogens is 1. The van der Waals surface area contributed by atoms with Crippen LogP contribution in [0.2, 0.25) is 0 Å². The summed E-state index contributed by atoms with van der Waals surface area (Å²) in [6, 6.07) is 11.3. The van der Waals surface area contributed by atoms with Gasteiger partial charge in [0.1, 0.15) is 5.82 Å². The zero-order chi connectivity index (χ0) is 19.2. The zero-order valence-electron chi connectivity index (χ0n) is 15.1. The summed E-state index contributed by atoms with van der Waals surface area (Å²) in [5.74, 6) is -0.767. The van der Waals surface area contributed by atoms with Gasteiger partial charge in [-0.3, -0.25) is 9.59 Å². The second-order valence-electron chi connectivity index (χ2n) is 6.33. The first kappa shape index (κ1) is 18.8. The van der Waals surface area contributed by atoms with Gasteiger partial charge < -0.3 is 20.3 Å². The number of nitrogens with one attached hydrogen (secondary N) is 2. The number of carbonyl (C=O) groups is 2. The molecule has 0 atom stereocenters. The molecule has 1 saturated heterocycles. The molecule has 2 aromatic rings. The van der Waals surface area contributed by atoms with E-state index < -0.39 is 0 Å². The molecule has 3 rings (SSSR count). The van der Waals surface area contributed by atoms with Crippen molar-refractivity contribution in [1.82, 2.24) is 5.32 Å². The minimum Gasteiger partial charge on any atom is -0.378 e. The first-order valence-corrected chi connectivity index (χ1v) is 8.80. The predicted molar refractivity (Wildman–Crippen MR) is 101 cm³/mol. The summed E-state index contributed by atoms with van der Waals surface area (Å²) in [7, 11) is 0. The molecule has 27 heavy (non-hydrogen) atoms. The highest BCUT2D eigenvalue weighted by atomic mass is 19.1. The second-order valence-corrected chi connectivity index (χ2v) is 6.33. The molecular formula is C20H22FN3O3. The molecule has 0 aromatic heterocycles. The van der Waals surface area contributed by atoms with Crippen molar-refractivity contribution in [2.24, 2.45) is 0 Å². The van der Waals surface area contributed by atoms with Gasteiger partial charge in [-0.15, -0.1) is 0 Å². The Bertz CT molecular complexity index is 835. The molecule has 6 nitrogen and oxygen atoms in total. The minimum atomic E-state index is -0.338. The molecule has 1 aliphatic heterocycles. The Labute approximate surface area is 157 Å². The van der Waals surface area contributed by atoms with Gasteiger partial charge in [0.2, 0.25) is 5.91 Å². The van der Waals surface area contributed by atoms with E-state index in [9.17, 15) is 14.0 Å². The van der Waals surface area contributed by atoms with Gasteiger partial charge in [-0.25, -0.2) is 4.39 Å². The Morgan fingerprint density at radius 2 is 1.93 bits per heavy atom. The number of ether oxygens (including phenoxy) is 1. The number of benzene rings is 2. The molecule has 0 unspecified atom stereocenters. The molecule has 2 N–H and O–H groups in total. The van der Waals surface area contributed by atoms with Crippen molar-refractivity contribution in [3.05, 3.63) is 59.4 Å². The summed E-state index contributed by atoms with van der Waals surface area (Å²) >= 11 is 0. The van der Waals surface area contributed by atoms with Gasteiger partial charge >= 0.3 is 0 Å². The van der Waals surface area contributed by atoms with E-state index in [-0.39, 0.29) is 24.2 Å². The third kappa shape index (κ3) is 5.04. The lowest BCUT2D eigenvalue weighted by molar-refractivity contribution is -0.114. The normalized spacial score (nSPS) is 13.9. The topological polar surface area (TPSA) is 70.7 Å².